The first kappa shape index (κ1) is 21.7. The van der Waals surface area contributed by atoms with Gasteiger partial charge >= 0.3 is 24.1 Å². The van der Waals surface area contributed by atoms with Crippen LogP contribution in [0.1, 0.15) is 34.7 Å². The number of aryl methyl sites for hydroxylation is 1. The van der Waals surface area contributed by atoms with Gasteiger partial charge in [0.1, 0.15) is 17.3 Å². The lowest BCUT2D eigenvalue weighted by atomic mass is 10.2. The van der Waals surface area contributed by atoms with Gasteiger partial charge in [-0.1, -0.05) is 0 Å². The van der Waals surface area contributed by atoms with E-state index < -0.39 is 30.5 Å². The number of carbonyl (C=O) groups is 3. The number of ether oxygens (including phenoxy) is 2. The van der Waals surface area contributed by atoms with Gasteiger partial charge < -0.3 is 19.6 Å². The predicted molar refractivity (Wildman–Crippen MR) is 91.2 cm³/mol. The molecule has 0 spiro atoms. The zero-order valence-electron chi connectivity index (χ0n) is 14.7. The van der Waals surface area contributed by atoms with Crippen molar-refractivity contribution in [3.63, 3.8) is 0 Å². The Balaban J connectivity index is 1.82. The van der Waals surface area contributed by atoms with Gasteiger partial charge in [0.2, 0.25) is 5.76 Å². The fourth-order valence-corrected chi connectivity index (χ4v) is 2.10. The summed E-state index contributed by atoms with van der Waals surface area (Å²) in [4.78, 5) is 33.8. The van der Waals surface area contributed by atoms with Crippen molar-refractivity contribution < 1.29 is 41.4 Å². The van der Waals surface area contributed by atoms with Gasteiger partial charge in [0.15, 0.2) is 0 Å². The molecule has 1 aromatic carbocycles. The first-order valence-electron chi connectivity index (χ1n) is 8.13. The van der Waals surface area contributed by atoms with Crippen molar-refractivity contribution in [2.75, 3.05) is 0 Å². The van der Waals surface area contributed by atoms with E-state index in [-0.39, 0.29) is 30.2 Å². The normalized spacial score (nSPS) is 11.0. The number of nitrogen functional groups attached to an aromatic ring is 1. The molecule has 0 aliphatic heterocycles. The highest BCUT2D eigenvalue weighted by Crippen LogP contribution is 2.18. The first-order chi connectivity index (χ1) is 13.6. The number of alkyl halides is 3. The fourth-order valence-electron chi connectivity index (χ4n) is 2.10. The summed E-state index contributed by atoms with van der Waals surface area (Å²) in [6.45, 7) is 0. The number of nitrogens with one attached hydrogen (secondary N) is 1. The van der Waals surface area contributed by atoms with Gasteiger partial charge in [-0.3, -0.25) is 10.2 Å². The van der Waals surface area contributed by atoms with Crippen LogP contribution in [0.15, 0.2) is 40.8 Å². The van der Waals surface area contributed by atoms with Crippen LogP contribution in [-0.4, -0.2) is 29.9 Å². The molecule has 0 fully saturated rings. The Kier molecular flexibility index (Phi) is 6.75. The smallest absolute Gasteiger partial charge is 0.454 e. The summed E-state index contributed by atoms with van der Waals surface area (Å²) in [5, 5.41) is 7.29. The minimum atomic E-state index is -5.24. The molecule has 154 valence electrons. The average molecular weight is 412 g/mol. The number of hydrogen-bond acceptors (Lipinski definition) is 7. The second kappa shape index (κ2) is 9.04. The highest BCUT2D eigenvalue weighted by molar-refractivity contribution is 5.95. The van der Waals surface area contributed by atoms with Crippen molar-refractivity contribution in [2.24, 2.45) is 5.73 Å². The van der Waals surface area contributed by atoms with E-state index in [4.69, 9.17) is 20.3 Å². The van der Waals surface area contributed by atoms with Crippen LogP contribution in [0.5, 0.6) is 5.75 Å². The molecular formula is C18H15F3N2O6. The number of furan rings is 1. The molecule has 0 bridgehead atoms. The number of rotatable bonds is 7. The molecule has 8 nitrogen and oxygen atoms in total. The molecule has 0 saturated heterocycles. The molecular weight excluding hydrogens is 397 g/mol. The van der Waals surface area contributed by atoms with Crippen molar-refractivity contribution in [2.45, 2.75) is 25.4 Å². The summed E-state index contributed by atoms with van der Waals surface area (Å²) in [6.07, 6.45) is -5.52. The molecule has 0 saturated carbocycles. The number of carbonyl (C=O) groups excluding carboxylic acids is 3. The lowest BCUT2D eigenvalue weighted by molar-refractivity contribution is -0.201. The van der Waals surface area contributed by atoms with E-state index in [1.165, 1.54) is 36.4 Å². The summed E-state index contributed by atoms with van der Waals surface area (Å²) in [5.74, 6) is -4.43. The van der Waals surface area contributed by atoms with E-state index in [1.54, 1.807) is 0 Å². The van der Waals surface area contributed by atoms with Crippen LogP contribution in [0.4, 0.5) is 13.2 Å². The van der Waals surface area contributed by atoms with E-state index in [2.05, 4.69) is 4.74 Å². The maximum absolute atomic E-state index is 12.0. The Labute approximate surface area is 161 Å². The Morgan fingerprint density at radius 2 is 1.72 bits per heavy atom. The number of nitrogens with two attached hydrogens (primary N) is 1. The monoisotopic (exact) mass is 412 g/mol. The maximum Gasteiger partial charge on any atom is 0.491 e. The summed E-state index contributed by atoms with van der Waals surface area (Å²) >= 11 is 0. The minimum absolute atomic E-state index is 0.0402. The zero-order valence-corrected chi connectivity index (χ0v) is 14.7. The van der Waals surface area contributed by atoms with Gasteiger partial charge in [0, 0.05) is 18.4 Å². The lowest BCUT2D eigenvalue weighted by Crippen LogP contribution is -2.27. The maximum atomic E-state index is 12.0. The summed E-state index contributed by atoms with van der Waals surface area (Å²) in [5.41, 5.74) is 5.78. The molecule has 2 rings (SSSR count). The molecule has 0 aliphatic carbocycles. The van der Waals surface area contributed by atoms with Crippen molar-refractivity contribution >= 4 is 23.7 Å². The van der Waals surface area contributed by atoms with Gasteiger partial charge in [-0.15, -0.1) is 0 Å². The lowest BCUT2D eigenvalue weighted by Gasteiger charge is -2.05. The van der Waals surface area contributed by atoms with E-state index in [9.17, 15) is 27.6 Å². The van der Waals surface area contributed by atoms with Crippen molar-refractivity contribution in [3.05, 3.63) is 53.5 Å². The predicted octanol–water partition coefficient (Wildman–Crippen LogP) is 2.74. The average Bonchev–Trinajstić information content (AvgIpc) is 3.10. The second-order valence-electron chi connectivity index (χ2n) is 5.71. The van der Waals surface area contributed by atoms with Gasteiger partial charge in [0.25, 0.3) is 0 Å². The van der Waals surface area contributed by atoms with Crippen LogP contribution >= 0.6 is 0 Å². The number of hydrogen-bond donors (Lipinski definition) is 2. The van der Waals surface area contributed by atoms with Crippen LogP contribution in [0, 0.1) is 5.41 Å². The van der Waals surface area contributed by atoms with E-state index >= 15 is 0 Å². The number of benzene rings is 1. The van der Waals surface area contributed by atoms with Crippen LogP contribution in [-0.2, 0) is 20.7 Å². The van der Waals surface area contributed by atoms with Crippen LogP contribution in [0.25, 0.3) is 0 Å². The summed E-state index contributed by atoms with van der Waals surface area (Å²) < 4.78 is 50.0. The van der Waals surface area contributed by atoms with Gasteiger partial charge in [-0.05, 0) is 42.8 Å². The number of amidine groups is 1. The summed E-state index contributed by atoms with van der Waals surface area (Å²) in [7, 11) is 0. The minimum Gasteiger partial charge on any atom is -0.454 e. The third-order valence-electron chi connectivity index (χ3n) is 3.48. The molecule has 29 heavy (non-hydrogen) atoms. The highest BCUT2D eigenvalue weighted by atomic mass is 19.4. The Morgan fingerprint density at radius 3 is 2.31 bits per heavy atom. The third kappa shape index (κ3) is 6.48. The topological polar surface area (TPSA) is 133 Å². The molecule has 1 heterocycles. The highest BCUT2D eigenvalue weighted by Gasteiger charge is 2.42. The van der Waals surface area contributed by atoms with Crippen molar-refractivity contribution in [1.29, 1.82) is 5.41 Å². The molecule has 11 heteroatoms. The van der Waals surface area contributed by atoms with Crippen LogP contribution in [0.2, 0.25) is 0 Å². The van der Waals surface area contributed by atoms with Gasteiger partial charge in [-0.2, -0.15) is 13.2 Å². The van der Waals surface area contributed by atoms with E-state index in [1.807, 2.05) is 0 Å². The fraction of sp³-hybridized carbons (Fsp3) is 0.222. The molecule has 2 aromatic rings. The molecule has 0 unspecified atom stereocenters. The van der Waals surface area contributed by atoms with Crippen molar-refractivity contribution in [1.82, 2.24) is 0 Å². The number of esters is 3. The third-order valence-corrected chi connectivity index (χ3v) is 3.48. The largest absolute Gasteiger partial charge is 0.491 e. The van der Waals surface area contributed by atoms with E-state index in [0.717, 1.165) is 0 Å². The SMILES string of the molecule is N=C(N)c1ccc(OC(=O)c2ccc(CCCC(=O)OC(=O)C(F)(F)F)o2)cc1. The molecule has 0 aliphatic rings. The number of halogens is 3. The molecule has 0 amide bonds. The molecule has 3 N–H and O–H groups in total. The van der Waals surface area contributed by atoms with Gasteiger partial charge in [-0.25, -0.2) is 9.59 Å². The van der Waals surface area contributed by atoms with Crippen LogP contribution in [0.3, 0.4) is 0 Å². The van der Waals surface area contributed by atoms with E-state index in [0.29, 0.717) is 11.3 Å². The second-order valence-corrected chi connectivity index (χ2v) is 5.71. The standard InChI is InChI=1S/C18H15F3N2O6/c19-18(20,21)17(26)29-14(24)3-1-2-11-8-9-13(27-11)16(25)28-12-6-4-10(5-7-12)15(22)23/h4-9H,1-3H2,(H3,22,23). The Bertz CT molecular complexity index is 918. The summed E-state index contributed by atoms with van der Waals surface area (Å²) in [6, 6.07) is 8.69. The Hall–Kier alpha value is -3.63. The quantitative estimate of drug-likeness (QED) is 0.235. The molecule has 0 radical (unpaired) electrons. The van der Waals surface area contributed by atoms with Crippen LogP contribution < -0.4 is 10.5 Å². The molecule has 0 atom stereocenters. The Morgan fingerprint density at radius 1 is 1.07 bits per heavy atom. The molecule has 1 aromatic heterocycles. The van der Waals surface area contributed by atoms with Gasteiger partial charge in [0.05, 0.1) is 0 Å². The zero-order chi connectivity index (χ0) is 21.6. The van der Waals surface area contributed by atoms with Crippen molar-refractivity contribution in [3.8, 4) is 5.75 Å². The first-order valence-corrected chi connectivity index (χ1v) is 8.13.